The molecule has 0 fully saturated rings. The predicted molar refractivity (Wildman–Crippen MR) is 137 cm³/mol. The van der Waals surface area contributed by atoms with Crippen molar-refractivity contribution >= 4 is 48.7 Å². The number of aryl methyl sites for hydroxylation is 1. The Morgan fingerprint density at radius 3 is 2.81 bits per heavy atom. The zero-order chi connectivity index (χ0) is 22.2. The zero-order valence-electron chi connectivity index (χ0n) is 19.0. The zero-order valence-corrected chi connectivity index (χ0v) is 21.6. The molecule has 0 amide bonds. The molecule has 32 heavy (non-hydrogen) atoms. The molecule has 4 rings (SSSR count). The Morgan fingerprint density at radius 1 is 1.31 bits per heavy atom. The Balaban J connectivity index is 0.00000289. The highest BCUT2D eigenvalue weighted by Gasteiger charge is 2.27. The minimum Gasteiger partial charge on any atom is -0.360 e. The molecule has 0 radical (unpaired) electrons. The van der Waals surface area contributed by atoms with E-state index in [0.717, 1.165) is 42.2 Å². The molecule has 0 aliphatic carbocycles. The monoisotopic (exact) mass is 488 g/mol. The van der Waals surface area contributed by atoms with E-state index in [-0.39, 0.29) is 18.4 Å². The highest BCUT2D eigenvalue weighted by molar-refractivity contribution is 6.76. The second-order valence-electron chi connectivity index (χ2n) is 9.45. The number of nitrogens with one attached hydrogen (secondary N) is 1. The maximum atomic E-state index is 7.46. The average Bonchev–Trinajstić information content (AvgIpc) is 3.07. The summed E-state index contributed by atoms with van der Waals surface area (Å²) >= 11 is 6.43. The molecule has 1 aromatic heterocycles. The first kappa shape index (κ1) is 24.8. The van der Waals surface area contributed by atoms with Crippen molar-refractivity contribution in [3.8, 4) is 0 Å². The third-order valence-electron chi connectivity index (χ3n) is 5.93. The number of aromatic nitrogens is 2. The molecule has 0 saturated carbocycles. The first-order valence-corrected chi connectivity index (χ1v) is 14.8. The molecule has 5 nitrogen and oxygen atoms in total. The van der Waals surface area contributed by atoms with Crippen LogP contribution in [0.5, 0.6) is 0 Å². The Morgan fingerprint density at radius 2 is 2.09 bits per heavy atom. The molecule has 2 aromatic carbocycles. The van der Waals surface area contributed by atoms with Crippen LogP contribution in [-0.4, -0.2) is 31.0 Å². The Labute approximate surface area is 202 Å². The Kier molecular flexibility index (Phi) is 7.69. The smallest absolute Gasteiger partial charge is 0.207 e. The fourth-order valence-corrected chi connectivity index (χ4v) is 5.13. The first-order chi connectivity index (χ1) is 14.8. The summed E-state index contributed by atoms with van der Waals surface area (Å²) in [7, 11) is -1.16. The van der Waals surface area contributed by atoms with Crippen LogP contribution in [0.4, 0.5) is 5.69 Å². The summed E-state index contributed by atoms with van der Waals surface area (Å²) in [4.78, 5) is 3.59. The average molecular weight is 490 g/mol. The van der Waals surface area contributed by atoms with Crippen LogP contribution in [0.1, 0.15) is 28.4 Å². The molecule has 1 N–H and O–H groups in total. The summed E-state index contributed by atoms with van der Waals surface area (Å²) < 4.78 is 7.88. The number of fused-ring (bicyclic) bond motifs is 2. The Bertz CT molecular complexity index is 1160. The highest BCUT2D eigenvalue weighted by Crippen LogP contribution is 2.37. The van der Waals surface area contributed by atoms with Gasteiger partial charge in [-0.3, -0.25) is 0 Å². The van der Waals surface area contributed by atoms with Gasteiger partial charge in [-0.25, -0.2) is 9.53 Å². The molecule has 3 aromatic rings. The summed E-state index contributed by atoms with van der Waals surface area (Å²) in [5, 5.41) is 10.0. The first-order valence-electron chi connectivity index (χ1n) is 10.8. The lowest BCUT2D eigenvalue weighted by Gasteiger charge is -2.27. The predicted octanol–water partition coefficient (Wildman–Crippen LogP) is 6.52. The van der Waals surface area contributed by atoms with Crippen LogP contribution >= 0.6 is 24.0 Å². The molecule has 0 bridgehead atoms. The molecule has 1 aliphatic heterocycles. The van der Waals surface area contributed by atoms with Crippen molar-refractivity contribution < 1.29 is 4.74 Å². The van der Waals surface area contributed by atoms with E-state index >= 15 is 0 Å². The van der Waals surface area contributed by atoms with Gasteiger partial charge in [0.15, 0.2) is 0 Å². The normalized spacial score (nSPS) is 15.8. The SMILES string of the molecule is Cl.[C-]#[N+]c1cc2c(cc1Cl)c(C1NCCc3c(C)cccc31)nn2COCC[Si](C)(C)C. The third kappa shape index (κ3) is 5.03. The van der Waals surface area contributed by atoms with Crippen molar-refractivity contribution in [3.63, 3.8) is 0 Å². The molecule has 0 spiro atoms. The van der Waals surface area contributed by atoms with Crippen LogP contribution in [0.2, 0.25) is 30.7 Å². The minimum atomic E-state index is -1.16. The number of hydrogen-bond acceptors (Lipinski definition) is 3. The number of ether oxygens (including phenoxy) is 1. The van der Waals surface area contributed by atoms with Crippen LogP contribution < -0.4 is 5.32 Å². The molecule has 2 heterocycles. The van der Waals surface area contributed by atoms with Gasteiger partial charge in [0.1, 0.15) is 6.73 Å². The van der Waals surface area contributed by atoms with Gasteiger partial charge in [0.2, 0.25) is 5.69 Å². The largest absolute Gasteiger partial charge is 0.360 e. The fourth-order valence-electron chi connectivity index (χ4n) is 4.17. The number of halogens is 2. The summed E-state index contributed by atoms with van der Waals surface area (Å²) in [6.45, 7) is 18.7. The van der Waals surface area contributed by atoms with Crippen LogP contribution in [0.15, 0.2) is 30.3 Å². The summed E-state index contributed by atoms with van der Waals surface area (Å²) in [6.07, 6.45) is 1.01. The van der Waals surface area contributed by atoms with E-state index < -0.39 is 8.07 Å². The van der Waals surface area contributed by atoms with E-state index in [0.29, 0.717) is 17.4 Å². The molecular formula is C24H30Cl2N4OSi. The van der Waals surface area contributed by atoms with Gasteiger partial charge in [-0.2, -0.15) is 5.10 Å². The molecule has 170 valence electrons. The van der Waals surface area contributed by atoms with Crippen LogP contribution in [0.3, 0.4) is 0 Å². The number of nitrogens with zero attached hydrogens (tertiary/aromatic N) is 3. The van der Waals surface area contributed by atoms with Crippen LogP contribution in [0, 0.1) is 13.5 Å². The molecule has 1 aliphatic rings. The number of rotatable bonds is 6. The summed E-state index contributed by atoms with van der Waals surface area (Å²) in [5.74, 6) is 0. The number of benzene rings is 2. The maximum Gasteiger partial charge on any atom is 0.207 e. The fraction of sp³-hybridized carbons (Fsp3) is 0.417. The van der Waals surface area contributed by atoms with Crippen LogP contribution in [0.25, 0.3) is 15.7 Å². The van der Waals surface area contributed by atoms with Crippen molar-refractivity contribution in [1.29, 1.82) is 0 Å². The molecule has 1 unspecified atom stereocenters. The lowest BCUT2D eigenvalue weighted by molar-refractivity contribution is 0.0812. The third-order valence-corrected chi connectivity index (χ3v) is 7.94. The molecule has 0 saturated heterocycles. The lowest BCUT2D eigenvalue weighted by Crippen LogP contribution is -2.31. The van der Waals surface area contributed by atoms with Gasteiger partial charge in [0.05, 0.1) is 23.8 Å². The van der Waals surface area contributed by atoms with E-state index in [9.17, 15) is 0 Å². The summed E-state index contributed by atoms with van der Waals surface area (Å²) in [6, 6.07) is 11.3. The van der Waals surface area contributed by atoms with Crippen molar-refractivity contribution in [1.82, 2.24) is 15.1 Å². The molecule has 1 atom stereocenters. The topological polar surface area (TPSA) is 43.4 Å². The van der Waals surface area contributed by atoms with Gasteiger partial charge < -0.3 is 10.1 Å². The van der Waals surface area contributed by atoms with E-state index in [2.05, 4.69) is 54.9 Å². The van der Waals surface area contributed by atoms with Crippen molar-refractivity contribution in [3.05, 3.63) is 69.2 Å². The lowest BCUT2D eigenvalue weighted by atomic mass is 9.88. The van der Waals surface area contributed by atoms with E-state index in [1.54, 1.807) is 0 Å². The van der Waals surface area contributed by atoms with Crippen molar-refractivity contribution in [2.45, 2.75) is 51.8 Å². The van der Waals surface area contributed by atoms with Gasteiger partial charge in [0.25, 0.3) is 0 Å². The van der Waals surface area contributed by atoms with Crippen molar-refractivity contribution in [2.75, 3.05) is 13.2 Å². The molecule has 8 heteroatoms. The molecular weight excluding hydrogens is 459 g/mol. The van der Waals surface area contributed by atoms with E-state index in [1.807, 2.05) is 16.8 Å². The van der Waals surface area contributed by atoms with Gasteiger partial charge in [0, 0.05) is 31.6 Å². The second-order valence-corrected chi connectivity index (χ2v) is 15.5. The standard InChI is InChI=1S/C24H29ClN4OSi.ClH/c1-16-7-6-8-18-17(16)9-10-27-23(18)24-19-13-20(25)21(26-2)14-22(19)29(28-24)15-30-11-12-31(3,4)5;/h6-8,13-14,23,27H,9-12,15H2,1,3-5H3;1H. The van der Waals surface area contributed by atoms with E-state index in [1.165, 1.54) is 16.7 Å². The Hall–Kier alpha value is -1.88. The van der Waals surface area contributed by atoms with Gasteiger partial charge in [-0.1, -0.05) is 49.4 Å². The maximum absolute atomic E-state index is 7.46. The van der Waals surface area contributed by atoms with Crippen molar-refractivity contribution in [2.24, 2.45) is 0 Å². The quantitative estimate of drug-likeness (QED) is 0.244. The highest BCUT2D eigenvalue weighted by atomic mass is 35.5. The van der Waals surface area contributed by atoms with Gasteiger partial charge in [-0.05, 0) is 48.2 Å². The minimum absolute atomic E-state index is 0. The van der Waals surface area contributed by atoms with Gasteiger partial charge in [-0.15, -0.1) is 12.4 Å². The van der Waals surface area contributed by atoms with Crippen LogP contribution in [-0.2, 0) is 17.9 Å². The second kappa shape index (κ2) is 9.94. The number of hydrogen-bond donors (Lipinski definition) is 1. The summed E-state index contributed by atoms with van der Waals surface area (Å²) in [5.41, 5.74) is 6.24. The van der Waals surface area contributed by atoms with Gasteiger partial charge >= 0.3 is 0 Å². The van der Waals surface area contributed by atoms with E-state index in [4.69, 9.17) is 28.0 Å².